The van der Waals surface area contributed by atoms with E-state index in [1.807, 2.05) is 0 Å². The molecule has 1 aliphatic carbocycles. The van der Waals surface area contributed by atoms with E-state index in [0.717, 1.165) is 24.6 Å². The lowest BCUT2D eigenvalue weighted by molar-refractivity contribution is 0.236. The van der Waals surface area contributed by atoms with Crippen LogP contribution < -0.4 is 5.73 Å². The Morgan fingerprint density at radius 1 is 1.44 bits per heavy atom. The van der Waals surface area contributed by atoms with E-state index >= 15 is 0 Å². The normalized spacial score (nSPS) is 27.9. The van der Waals surface area contributed by atoms with Gasteiger partial charge in [-0.15, -0.1) is 0 Å². The molecule has 1 aliphatic rings. The summed E-state index contributed by atoms with van der Waals surface area (Å²) in [5, 5.41) is 12.8. The molecule has 1 atom stereocenters. The first-order chi connectivity index (χ1) is 7.70. The molecular weight excluding hydrogens is 206 g/mol. The number of rotatable bonds is 3. The lowest BCUT2D eigenvalue weighted by Gasteiger charge is -2.23. The Morgan fingerprint density at radius 3 is 2.75 bits per heavy atom. The molecule has 0 bridgehead atoms. The fraction of sp³-hybridized carbons (Fsp3) is 0.818. The molecule has 1 aromatic rings. The van der Waals surface area contributed by atoms with Crippen molar-refractivity contribution in [1.82, 2.24) is 10.1 Å². The van der Waals surface area contributed by atoms with Gasteiger partial charge in [-0.1, -0.05) is 24.9 Å². The Morgan fingerprint density at radius 2 is 2.12 bits per heavy atom. The summed E-state index contributed by atoms with van der Waals surface area (Å²) in [6.07, 6.45) is 4.68. The highest BCUT2D eigenvalue weighted by Crippen LogP contribution is 2.34. The van der Waals surface area contributed by atoms with E-state index < -0.39 is 6.04 Å². The van der Waals surface area contributed by atoms with Crippen LogP contribution in [-0.2, 0) is 0 Å². The third-order valence-electron chi connectivity index (χ3n) is 3.35. The van der Waals surface area contributed by atoms with Crippen LogP contribution in [0.5, 0.6) is 0 Å². The summed E-state index contributed by atoms with van der Waals surface area (Å²) in [5.41, 5.74) is 5.61. The molecule has 0 saturated heterocycles. The van der Waals surface area contributed by atoms with E-state index in [1.54, 1.807) is 0 Å². The van der Waals surface area contributed by atoms with Crippen LogP contribution in [0, 0.1) is 5.92 Å². The average Bonchev–Trinajstić information content (AvgIpc) is 2.78. The van der Waals surface area contributed by atoms with Gasteiger partial charge in [0, 0.05) is 5.92 Å². The highest BCUT2D eigenvalue weighted by molar-refractivity contribution is 4.99. The molecule has 0 radical (unpaired) electrons. The third kappa shape index (κ3) is 2.41. The van der Waals surface area contributed by atoms with E-state index in [0.29, 0.717) is 11.8 Å². The predicted octanol–water partition coefficient (Wildman–Crippen LogP) is 1.36. The molecule has 1 heterocycles. The van der Waals surface area contributed by atoms with E-state index in [9.17, 15) is 0 Å². The smallest absolute Gasteiger partial charge is 0.245 e. The molecular formula is C11H19N3O2. The molecule has 5 nitrogen and oxygen atoms in total. The average molecular weight is 225 g/mol. The third-order valence-corrected chi connectivity index (χ3v) is 3.35. The van der Waals surface area contributed by atoms with Crippen molar-refractivity contribution in [2.75, 3.05) is 6.61 Å². The van der Waals surface area contributed by atoms with Crippen molar-refractivity contribution in [2.45, 2.75) is 44.6 Å². The molecule has 16 heavy (non-hydrogen) atoms. The molecule has 5 heteroatoms. The summed E-state index contributed by atoms with van der Waals surface area (Å²) in [6.45, 7) is 2.11. The van der Waals surface area contributed by atoms with E-state index in [2.05, 4.69) is 17.1 Å². The summed E-state index contributed by atoms with van der Waals surface area (Å²) in [6, 6.07) is -0.552. The fourth-order valence-corrected chi connectivity index (χ4v) is 2.16. The monoisotopic (exact) mass is 225 g/mol. The van der Waals surface area contributed by atoms with Crippen molar-refractivity contribution < 1.29 is 9.63 Å². The van der Waals surface area contributed by atoms with Gasteiger partial charge in [0.1, 0.15) is 6.04 Å². The first-order valence-electron chi connectivity index (χ1n) is 5.90. The molecule has 0 unspecified atom stereocenters. The van der Waals surface area contributed by atoms with Crippen molar-refractivity contribution in [1.29, 1.82) is 0 Å². The number of hydrogen-bond donors (Lipinski definition) is 2. The molecule has 0 aliphatic heterocycles. The van der Waals surface area contributed by atoms with Gasteiger partial charge in [-0.2, -0.15) is 4.98 Å². The van der Waals surface area contributed by atoms with E-state index in [-0.39, 0.29) is 6.61 Å². The highest BCUT2D eigenvalue weighted by Gasteiger charge is 2.24. The maximum Gasteiger partial charge on any atom is 0.245 e. The number of nitrogens with zero attached hydrogens (tertiary/aromatic N) is 2. The van der Waals surface area contributed by atoms with E-state index in [4.69, 9.17) is 15.4 Å². The zero-order valence-corrected chi connectivity index (χ0v) is 9.59. The number of hydrogen-bond acceptors (Lipinski definition) is 5. The van der Waals surface area contributed by atoms with Crippen molar-refractivity contribution in [3.8, 4) is 0 Å². The SMILES string of the molecule is CC1CCC(c2noc([C@H](N)CO)n2)CC1. The second-order valence-corrected chi connectivity index (χ2v) is 4.74. The quantitative estimate of drug-likeness (QED) is 0.811. The first kappa shape index (κ1) is 11.5. The lowest BCUT2D eigenvalue weighted by atomic mass is 9.83. The van der Waals surface area contributed by atoms with Crippen molar-refractivity contribution >= 4 is 0 Å². The summed E-state index contributed by atoms with van der Waals surface area (Å²) < 4.78 is 5.05. The standard InChI is InChI=1S/C11H19N3O2/c1-7-2-4-8(5-3-7)10-13-11(16-14-10)9(12)6-15/h7-9,15H,2-6,12H2,1H3/t7?,8?,9-/m1/s1. The zero-order valence-electron chi connectivity index (χ0n) is 9.59. The maximum atomic E-state index is 8.89. The Bertz CT molecular complexity index is 332. The molecule has 0 amide bonds. The molecule has 3 N–H and O–H groups in total. The van der Waals surface area contributed by atoms with Crippen molar-refractivity contribution in [3.05, 3.63) is 11.7 Å². The van der Waals surface area contributed by atoms with Gasteiger partial charge >= 0.3 is 0 Å². The van der Waals surface area contributed by atoms with Gasteiger partial charge in [-0.25, -0.2) is 0 Å². The molecule has 0 aromatic carbocycles. The largest absolute Gasteiger partial charge is 0.394 e. The Labute approximate surface area is 95.0 Å². The van der Waals surface area contributed by atoms with E-state index in [1.165, 1.54) is 12.8 Å². The topological polar surface area (TPSA) is 85.2 Å². The molecule has 1 saturated carbocycles. The molecule has 2 rings (SSSR count). The van der Waals surface area contributed by atoms with Gasteiger partial charge in [0.2, 0.25) is 5.89 Å². The van der Waals surface area contributed by atoms with Gasteiger partial charge in [0.25, 0.3) is 0 Å². The Hall–Kier alpha value is -0.940. The molecule has 1 aromatic heterocycles. The molecule has 0 spiro atoms. The summed E-state index contributed by atoms with van der Waals surface area (Å²) in [5.74, 6) is 2.31. The van der Waals surface area contributed by atoms with Gasteiger partial charge in [0.15, 0.2) is 5.82 Å². The summed E-state index contributed by atoms with van der Waals surface area (Å²) in [4.78, 5) is 4.27. The second kappa shape index (κ2) is 4.93. The second-order valence-electron chi connectivity index (χ2n) is 4.74. The van der Waals surface area contributed by atoms with Crippen LogP contribution in [0.25, 0.3) is 0 Å². The zero-order chi connectivity index (χ0) is 11.5. The highest BCUT2D eigenvalue weighted by atomic mass is 16.5. The lowest BCUT2D eigenvalue weighted by Crippen LogP contribution is -2.15. The first-order valence-corrected chi connectivity index (χ1v) is 5.90. The van der Waals surface area contributed by atoms with Crippen molar-refractivity contribution in [2.24, 2.45) is 11.7 Å². The predicted molar refractivity (Wildman–Crippen MR) is 58.7 cm³/mol. The fourth-order valence-electron chi connectivity index (χ4n) is 2.16. The van der Waals surface area contributed by atoms with Gasteiger partial charge < -0.3 is 15.4 Å². The van der Waals surface area contributed by atoms with Crippen LogP contribution in [0.15, 0.2) is 4.52 Å². The number of aliphatic hydroxyl groups excluding tert-OH is 1. The van der Waals surface area contributed by atoms with Crippen LogP contribution in [0.2, 0.25) is 0 Å². The van der Waals surface area contributed by atoms with Crippen LogP contribution in [-0.4, -0.2) is 21.9 Å². The molecule has 1 fully saturated rings. The number of nitrogens with two attached hydrogens (primary N) is 1. The number of aromatic nitrogens is 2. The van der Waals surface area contributed by atoms with Crippen LogP contribution in [0.1, 0.15) is 56.3 Å². The summed E-state index contributed by atoms with van der Waals surface area (Å²) >= 11 is 0. The van der Waals surface area contributed by atoms with Crippen LogP contribution in [0.4, 0.5) is 0 Å². The van der Waals surface area contributed by atoms with Gasteiger partial charge in [-0.3, -0.25) is 0 Å². The Balaban J connectivity index is 2.01. The summed E-state index contributed by atoms with van der Waals surface area (Å²) in [7, 11) is 0. The number of aliphatic hydroxyl groups is 1. The van der Waals surface area contributed by atoms with Crippen LogP contribution in [0.3, 0.4) is 0 Å². The van der Waals surface area contributed by atoms with Gasteiger partial charge in [0.05, 0.1) is 6.61 Å². The minimum absolute atomic E-state index is 0.163. The van der Waals surface area contributed by atoms with Gasteiger partial charge in [-0.05, 0) is 18.8 Å². The Kier molecular flexibility index (Phi) is 3.56. The maximum absolute atomic E-state index is 8.89. The van der Waals surface area contributed by atoms with Crippen LogP contribution >= 0.6 is 0 Å². The minimum Gasteiger partial charge on any atom is -0.394 e. The minimum atomic E-state index is -0.552. The van der Waals surface area contributed by atoms with Crippen molar-refractivity contribution in [3.63, 3.8) is 0 Å². The molecule has 90 valence electrons.